The van der Waals surface area contributed by atoms with Crippen molar-refractivity contribution in [2.24, 2.45) is 0 Å². The van der Waals surface area contributed by atoms with E-state index in [-0.39, 0.29) is 11.9 Å². The molecule has 0 aliphatic carbocycles. The Balaban J connectivity index is 2.27. The van der Waals surface area contributed by atoms with Crippen molar-refractivity contribution in [2.45, 2.75) is 13.0 Å². The minimum absolute atomic E-state index is 0.0913. The lowest BCUT2D eigenvalue weighted by Gasteiger charge is -2.24. The van der Waals surface area contributed by atoms with E-state index in [1.54, 1.807) is 13.0 Å². The lowest BCUT2D eigenvalue weighted by atomic mass is 10.1. The summed E-state index contributed by atoms with van der Waals surface area (Å²) in [7, 11) is 0. The van der Waals surface area contributed by atoms with Crippen LogP contribution in [0.3, 0.4) is 0 Å². The van der Waals surface area contributed by atoms with Gasteiger partial charge in [-0.25, -0.2) is 4.39 Å². The Bertz CT molecular complexity index is 341. The molecule has 0 radical (unpaired) electrons. The molecule has 1 aromatic rings. The highest BCUT2D eigenvalue weighted by atomic mass is 35.5. The molecule has 0 amide bonds. The van der Waals surface area contributed by atoms with Gasteiger partial charge in [0.2, 0.25) is 0 Å². The molecule has 0 aromatic heterocycles. The Morgan fingerprint density at radius 2 is 2.33 bits per heavy atom. The summed E-state index contributed by atoms with van der Waals surface area (Å²) in [6.45, 7) is 3.87. The molecule has 1 aliphatic heterocycles. The van der Waals surface area contributed by atoms with E-state index in [9.17, 15) is 4.39 Å². The summed E-state index contributed by atoms with van der Waals surface area (Å²) in [5.74, 6) is -0.272. The molecular formula is C11H13ClFNO. The van der Waals surface area contributed by atoms with Gasteiger partial charge in [-0.15, -0.1) is 0 Å². The van der Waals surface area contributed by atoms with Crippen molar-refractivity contribution in [3.05, 3.63) is 34.1 Å². The first-order chi connectivity index (χ1) is 7.18. The van der Waals surface area contributed by atoms with Gasteiger partial charge < -0.3 is 10.1 Å². The standard InChI is InChI=1S/C11H13ClFNO/c1-7-9(12)4-8(5-10(7)13)11-6-14-2-3-15-11/h4-5,11,14H,2-3,6H2,1H3. The van der Waals surface area contributed by atoms with Crippen molar-refractivity contribution >= 4 is 11.6 Å². The fourth-order valence-corrected chi connectivity index (χ4v) is 1.85. The Morgan fingerprint density at radius 1 is 1.53 bits per heavy atom. The normalized spacial score (nSPS) is 21.7. The zero-order valence-corrected chi connectivity index (χ0v) is 9.27. The van der Waals surface area contributed by atoms with Crippen LogP contribution in [0.15, 0.2) is 12.1 Å². The van der Waals surface area contributed by atoms with Crippen LogP contribution < -0.4 is 5.32 Å². The summed E-state index contributed by atoms with van der Waals surface area (Å²) in [5, 5.41) is 3.65. The summed E-state index contributed by atoms with van der Waals surface area (Å²) < 4.78 is 19.0. The van der Waals surface area contributed by atoms with Crippen LogP contribution in [0.2, 0.25) is 5.02 Å². The number of halogens is 2. The molecule has 15 heavy (non-hydrogen) atoms. The second-order valence-corrected chi connectivity index (χ2v) is 4.08. The largest absolute Gasteiger partial charge is 0.371 e. The Kier molecular flexibility index (Phi) is 3.24. The van der Waals surface area contributed by atoms with Crippen LogP contribution >= 0.6 is 11.6 Å². The van der Waals surface area contributed by atoms with E-state index < -0.39 is 0 Å². The van der Waals surface area contributed by atoms with Gasteiger partial charge in [0.1, 0.15) is 5.82 Å². The molecule has 1 N–H and O–H groups in total. The van der Waals surface area contributed by atoms with Gasteiger partial charge in [0.05, 0.1) is 12.7 Å². The summed E-state index contributed by atoms with van der Waals surface area (Å²) in [6, 6.07) is 3.27. The first-order valence-electron chi connectivity index (χ1n) is 4.96. The number of morpholine rings is 1. The van der Waals surface area contributed by atoms with Crippen LogP contribution in [0.1, 0.15) is 17.2 Å². The van der Waals surface area contributed by atoms with Crippen molar-refractivity contribution in [1.29, 1.82) is 0 Å². The Labute approximate surface area is 93.4 Å². The third-order valence-corrected chi connectivity index (χ3v) is 3.00. The number of hydrogen-bond acceptors (Lipinski definition) is 2. The number of ether oxygens (including phenoxy) is 1. The summed E-state index contributed by atoms with van der Waals surface area (Å²) in [5.41, 5.74) is 1.29. The number of benzene rings is 1. The van der Waals surface area contributed by atoms with E-state index in [0.717, 1.165) is 12.1 Å². The number of hydrogen-bond donors (Lipinski definition) is 1. The molecule has 0 saturated carbocycles. The molecular weight excluding hydrogens is 217 g/mol. The molecule has 1 aromatic carbocycles. The van der Waals surface area contributed by atoms with Crippen LogP contribution in [0, 0.1) is 12.7 Å². The van der Waals surface area contributed by atoms with Crippen molar-refractivity contribution in [3.8, 4) is 0 Å². The Hall–Kier alpha value is -0.640. The monoisotopic (exact) mass is 229 g/mol. The predicted octanol–water partition coefficient (Wildman–Crippen LogP) is 2.45. The van der Waals surface area contributed by atoms with E-state index in [1.165, 1.54) is 6.07 Å². The highest BCUT2D eigenvalue weighted by molar-refractivity contribution is 6.31. The molecule has 1 atom stereocenters. The average molecular weight is 230 g/mol. The van der Waals surface area contributed by atoms with Gasteiger partial charge in [0.25, 0.3) is 0 Å². The topological polar surface area (TPSA) is 21.3 Å². The maximum Gasteiger partial charge on any atom is 0.127 e. The molecule has 4 heteroatoms. The van der Waals surface area contributed by atoms with Gasteiger partial charge in [-0.2, -0.15) is 0 Å². The van der Waals surface area contributed by atoms with Gasteiger partial charge in [-0.1, -0.05) is 11.6 Å². The summed E-state index contributed by atoms with van der Waals surface area (Å²) >= 11 is 5.92. The van der Waals surface area contributed by atoms with Gasteiger partial charge in [-0.05, 0) is 24.6 Å². The zero-order valence-electron chi connectivity index (χ0n) is 8.52. The molecule has 1 saturated heterocycles. The van der Waals surface area contributed by atoms with Gasteiger partial charge >= 0.3 is 0 Å². The van der Waals surface area contributed by atoms with Gasteiger partial charge in [0, 0.05) is 23.7 Å². The van der Waals surface area contributed by atoms with Gasteiger partial charge in [-0.3, -0.25) is 0 Å². The summed E-state index contributed by atoms with van der Waals surface area (Å²) in [4.78, 5) is 0. The zero-order chi connectivity index (χ0) is 10.8. The fraction of sp³-hybridized carbons (Fsp3) is 0.455. The number of rotatable bonds is 1. The molecule has 2 rings (SSSR count). The van der Waals surface area contributed by atoms with E-state index in [4.69, 9.17) is 16.3 Å². The van der Waals surface area contributed by atoms with E-state index in [2.05, 4.69) is 5.32 Å². The lowest BCUT2D eigenvalue weighted by molar-refractivity contribution is 0.0275. The molecule has 0 spiro atoms. The highest BCUT2D eigenvalue weighted by Gasteiger charge is 2.17. The summed E-state index contributed by atoms with van der Waals surface area (Å²) in [6.07, 6.45) is -0.0913. The highest BCUT2D eigenvalue weighted by Crippen LogP contribution is 2.26. The molecule has 1 aliphatic rings. The lowest BCUT2D eigenvalue weighted by Crippen LogP contribution is -2.33. The fourth-order valence-electron chi connectivity index (χ4n) is 1.63. The van der Waals surface area contributed by atoms with Crippen molar-refractivity contribution < 1.29 is 9.13 Å². The van der Waals surface area contributed by atoms with Crippen molar-refractivity contribution in [1.82, 2.24) is 5.32 Å². The van der Waals surface area contributed by atoms with Crippen LogP contribution in [0.5, 0.6) is 0 Å². The van der Waals surface area contributed by atoms with E-state index in [0.29, 0.717) is 23.7 Å². The third-order valence-electron chi connectivity index (χ3n) is 2.60. The number of nitrogens with one attached hydrogen (secondary N) is 1. The van der Waals surface area contributed by atoms with Crippen molar-refractivity contribution in [2.75, 3.05) is 19.7 Å². The van der Waals surface area contributed by atoms with Crippen LogP contribution in [-0.4, -0.2) is 19.7 Å². The smallest absolute Gasteiger partial charge is 0.127 e. The minimum atomic E-state index is -0.272. The SMILES string of the molecule is Cc1c(F)cc(C2CNCCO2)cc1Cl. The van der Waals surface area contributed by atoms with E-state index in [1.807, 2.05) is 0 Å². The first-order valence-corrected chi connectivity index (χ1v) is 5.34. The molecule has 1 heterocycles. The third kappa shape index (κ3) is 2.30. The first kappa shape index (κ1) is 10.9. The maximum atomic E-state index is 13.4. The molecule has 1 unspecified atom stereocenters. The molecule has 0 bridgehead atoms. The van der Waals surface area contributed by atoms with Crippen LogP contribution in [0.4, 0.5) is 4.39 Å². The van der Waals surface area contributed by atoms with Gasteiger partial charge in [0.15, 0.2) is 0 Å². The molecule has 1 fully saturated rings. The predicted molar refractivity (Wildman–Crippen MR) is 57.7 cm³/mol. The van der Waals surface area contributed by atoms with E-state index >= 15 is 0 Å². The molecule has 82 valence electrons. The maximum absolute atomic E-state index is 13.4. The average Bonchev–Trinajstić information content (AvgIpc) is 2.26. The Morgan fingerprint density at radius 3 is 2.93 bits per heavy atom. The second-order valence-electron chi connectivity index (χ2n) is 3.67. The second kappa shape index (κ2) is 4.47. The van der Waals surface area contributed by atoms with Crippen molar-refractivity contribution in [3.63, 3.8) is 0 Å². The minimum Gasteiger partial charge on any atom is -0.371 e. The quantitative estimate of drug-likeness (QED) is 0.799. The van der Waals surface area contributed by atoms with Crippen LogP contribution in [-0.2, 0) is 4.74 Å². The molecule has 2 nitrogen and oxygen atoms in total. The van der Waals surface area contributed by atoms with Crippen LogP contribution in [0.25, 0.3) is 0 Å².